The Bertz CT molecular complexity index is 790. The van der Waals surface area contributed by atoms with Crippen molar-refractivity contribution in [1.82, 2.24) is 15.1 Å². The van der Waals surface area contributed by atoms with E-state index in [2.05, 4.69) is 10.2 Å². The summed E-state index contributed by atoms with van der Waals surface area (Å²) < 4.78 is 38.4. The summed E-state index contributed by atoms with van der Waals surface area (Å²) in [6.07, 6.45) is -2.69. The average Bonchev–Trinajstić information content (AvgIpc) is 3.30. The molecule has 9 heteroatoms. The summed E-state index contributed by atoms with van der Waals surface area (Å²) in [5, 5.41) is 5.97. The number of benzene rings is 1. The molecule has 2 aromatic rings. The van der Waals surface area contributed by atoms with Crippen molar-refractivity contribution in [2.75, 3.05) is 18.1 Å². The predicted molar refractivity (Wildman–Crippen MR) is 99.8 cm³/mol. The molecule has 0 radical (unpaired) electrons. The molecule has 27 heavy (non-hydrogen) atoms. The number of hydrogen-bond donors (Lipinski definition) is 1. The topological polar surface area (TPSA) is 49.0 Å². The van der Waals surface area contributed by atoms with Crippen molar-refractivity contribution >= 4 is 29.3 Å². The van der Waals surface area contributed by atoms with Crippen molar-refractivity contribution in [3.8, 4) is 0 Å². The lowest BCUT2D eigenvalue weighted by Crippen LogP contribution is -2.33. The van der Waals surface area contributed by atoms with Crippen LogP contribution in [0.3, 0.4) is 0 Å². The summed E-state index contributed by atoms with van der Waals surface area (Å²) in [4.78, 5) is 14.4. The number of carbonyl (C=O) groups is 1. The molecule has 1 aliphatic rings. The summed E-state index contributed by atoms with van der Waals surface area (Å²) in [6.45, 7) is 0.689. The minimum Gasteiger partial charge on any atom is -0.333 e. The van der Waals surface area contributed by atoms with E-state index in [0.717, 1.165) is 36.0 Å². The van der Waals surface area contributed by atoms with Gasteiger partial charge in [0.2, 0.25) is 0 Å². The average molecular weight is 418 g/mol. The Labute approximate surface area is 164 Å². The van der Waals surface area contributed by atoms with Gasteiger partial charge in [-0.25, -0.2) is 0 Å². The van der Waals surface area contributed by atoms with Gasteiger partial charge in [-0.15, -0.1) is 0 Å². The third-order valence-corrected chi connectivity index (χ3v) is 6.14. The molecule has 1 unspecified atom stereocenters. The number of aromatic amines is 1. The zero-order valence-corrected chi connectivity index (χ0v) is 16.0. The Hall–Kier alpha value is -1.67. The second kappa shape index (κ2) is 8.56. The van der Waals surface area contributed by atoms with Crippen LogP contribution in [0, 0.1) is 5.92 Å². The van der Waals surface area contributed by atoms with Gasteiger partial charge in [0.1, 0.15) is 5.69 Å². The van der Waals surface area contributed by atoms with Crippen LogP contribution in [0.5, 0.6) is 0 Å². The van der Waals surface area contributed by atoms with E-state index < -0.39 is 17.8 Å². The highest BCUT2D eigenvalue weighted by atomic mass is 35.5. The third-order valence-electron chi connectivity index (χ3n) is 4.54. The smallest absolute Gasteiger partial charge is 0.333 e. The molecule has 1 aromatic heterocycles. The van der Waals surface area contributed by atoms with Gasteiger partial charge >= 0.3 is 6.18 Å². The number of rotatable bonds is 6. The van der Waals surface area contributed by atoms with Gasteiger partial charge in [0.25, 0.3) is 5.91 Å². The van der Waals surface area contributed by atoms with Crippen LogP contribution in [-0.2, 0) is 12.7 Å². The summed E-state index contributed by atoms with van der Waals surface area (Å²) in [5.41, 5.74) is -0.519. The van der Waals surface area contributed by atoms with Gasteiger partial charge in [-0.05, 0) is 41.9 Å². The second-order valence-corrected chi connectivity index (χ2v) is 8.06. The van der Waals surface area contributed by atoms with Crippen molar-refractivity contribution in [3.63, 3.8) is 0 Å². The van der Waals surface area contributed by atoms with E-state index in [4.69, 9.17) is 11.6 Å². The Kier molecular flexibility index (Phi) is 6.37. The van der Waals surface area contributed by atoms with Crippen molar-refractivity contribution in [1.29, 1.82) is 0 Å². The molecule has 3 rings (SSSR count). The van der Waals surface area contributed by atoms with Crippen LogP contribution in [0.1, 0.15) is 34.6 Å². The van der Waals surface area contributed by atoms with Gasteiger partial charge in [-0.1, -0.05) is 29.8 Å². The van der Waals surface area contributed by atoms with Crippen LogP contribution in [0.2, 0.25) is 5.02 Å². The number of H-pyrrole nitrogens is 1. The predicted octanol–water partition coefficient (Wildman–Crippen LogP) is 4.87. The van der Waals surface area contributed by atoms with Gasteiger partial charge in [-0.2, -0.15) is 30.0 Å². The molecule has 2 heterocycles. The number of aromatic nitrogens is 2. The van der Waals surface area contributed by atoms with E-state index in [-0.39, 0.29) is 12.2 Å². The number of amides is 1. The molecular formula is C18H19ClF3N3OS. The molecule has 0 spiro atoms. The Balaban J connectivity index is 1.78. The van der Waals surface area contributed by atoms with Crippen molar-refractivity contribution in [3.05, 3.63) is 52.3 Å². The van der Waals surface area contributed by atoms with E-state index in [1.54, 1.807) is 12.1 Å². The normalized spacial score (nSPS) is 17.3. The van der Waals surface area contributed by atoms with Gasteiger partial charge in [0, 0.05) is 24.2 Å². The van der Waals surface area contributed by atoms with Crippen molar-refractivity contribution < 1.29 is 18.0 Å². The molecule has 0 bridgehead atoms. The quantitative estimate of drug-likeness (QED) is 0.729. The second-order valence-electron chi connectivity index (χ2n) is 6.50. The van der Waals surface area contributed by atoms with Crippen molar-refractivity contribution in [2.45, 2.75) is 25.6 Å². The zero-order chi connectivity index (χ0) is 19.4. The van der Waals surface area contributed by atoms with E-state index >= 15 is 0 Å². The first-order chi connectivity index (χ1) is 12.8. The van der Waals surface area contributed by atoms with Gasteiger partial charge in [0.05, 0.1) is 0 Å². The molecule has 0 aliphatic carbocycles. The monoisotopic (exact) mass is 417 g/mol. The minimum atomic E-state index is -4.59. The highest BCUT2D eigenvalue weighted by Crippen LogP contribution is 2.29. The number of thioether (sulfide) groups is 1. The Morgan fingerprint density at radius 1 is 1.37 bits per heavy atom. The lowest BCUT2D eigenvalue weighted by molar-refractivity contribution is -0.141. The number of halogens is 4. The standard InChI is InChI=1S/C18H19ClF3N3OS/c19-14-4-2-1-3-13(14)10-25(7-5-12-6-8-27-11-12)17(26)15-9-16(24-23-15)18(20,21)22/h1-4,9,12H,5-8,10-11H2,(H,23,24). The molecule has 1 amide bonds. The van der Waals surface area contributed by atoms with Gasteiger partial charge < -0.3 is 4.90 Å². The lowest BCUT2D eigenvalue weighted by Gasteiger charge is -2.24. The number of nitrogens with zero attached hydrogens (tertiary/aromatic N) is 2. The fourth-order valence-corrected chi connectivity index (χ4v) is 4.51. The van der Waals surface area contributed by atoms with E-state index in [1.165, 1.54) is 4.90 Å². The number of nitrogens with one attached hydrogen (secondary N) is 1. The molecule has 4 nitrogen and oxygen atoms in total. The minimum absolute atomic E-state index is 0.171. The number of hydrogen-bond acceptors (Lipinski definition) is 3. The molecule has 146 valence electrons. The summed E-state index contributed by atoms with van der Waals surface area (Å²) in [7, 11) is 0. The first kappa shape index (κ1) is 20.1. The van der Waals surface area contributed by atoms with Gasteiger partial charge in [-0.3, -0.25) is 9.89 Å². The summed E-state index contributed by atoms with van der Waals surface area (Å²) in [6, 6.07) is 7.90. The van der Waals surface area contributed by atoms with E-state index in [1.807, 2.05) is 23.9 Å². The molecule has 1 aromatic carbocycles. The molecule has 1 fully saturated rings. The molecule has 1 N–H and O–H groups in total. The fraction of sp³-hybridized carbons (Fsp3) is 0.444. The first-order valence-corrected chi connectivity index (χ1v) is 10.1. The van der Waals surface area contributed by atoms with Crippen LogP contribution >= 0.6 is 23.4 Å². The first-order valence-electron chi connectivity index (χ1n) is 8.57. The SMILES string of the molecule is O=C(c1cc(C(F)(F)F)n[nH]1)N(CCC1CCSC1)Cc1ccccc1Cl. The third kappa shape index (κ3) is 5.19. The van der Waals surface area contributed by atoms with Crippen molar-refractivity contribution in [2.24, 2.45) is 5.92 Å². The van der Waals surface area contributed by atoms with E-state index in [0.29, 0.717) is 17.5 Å². The highest BCUT2D eigenvalue weighted by molar-refractivity contribution is 7.99. The maximum atomic E-state index is 12.8. The molecule has 1 atom stereocenters. The number of alkyl halides is 3. The van der Waals surface area contributed by atoms with Gasteiger partial charge in [0.15, 0.2) is 5.69 Å². The molecule has 1 saturated heterocycles. The van der Waals surface area contributed by atoms with Crippen LogP contribution in [0.15, 0.2) is 30.3 Å². The maximum absolute atomic E-state index is 12.8. The van der Waals surface area contributed by atoms with E-state index in [9.17, 15) is 18.0 Å². The maximum Gasteiger partial charge on any atom is 0.435 e. The van der Waals surface area contributed by atoms with Crippen LogP contribution in [0.25, 0.3) is 0 Å². The summed E-state index contributed by atoms with van der Waals surface area (Å²) >= 11 is 8.09. The lowest BCUT2D eigenvalue weighted by atomic mass is 10.0. The largest absolute Gasteiger partial charge is 0.435 e. The zero-order valence-electron chi connectivity index (χ0n) is 14.4. The Morgan fingerprint density at radius 3 is 2.78 bits per heavy atom. The number of carbonyl (C=O) groups excluding carboxylic acids is 1. The fourth-order valence-electron chi connectivity index (χ4n) is 2.98. The van der Waals surface area contributed by atoms with Crippen LogP contribution in [-0.4, -0.2) is 39.1 Å². The van der Waals surface area contributed by atoms with Crippen LogP contribution < -0.4 is 0 Å². The molecule has 1 aliphatic heterocycles. The molecular weight excluding hydrogens is 399 g/mol. The summed E-state index contributed by atoms with van der Waals surface area (Å²) in [5.74, 6) is 2.17. The van der Waals surface area contributed by atoms with Crippen LogP contribution in [0.4, 0.5) is 13.2 Å². The highest BCUT2D eigenvalue weighted by Gasteiger charge is 2.35. The Morgan fingerprint density at radius 2 is 2.15 bits per heavy atom. The molecule has 0 saturated carbocycles.